The molecular weight excluding hydrogens is 277 g/mol. The zero-order valence-corrected chi connectivity index (χ0v) is 9.26. The molecule has 66 valence electrons. The first kappa shape index (κ1) is 8.68. The fourth-order valence-corrected chi connectivity index (χ4v) is 1.97. The second kappa shape index (κ2) is 3.45. The summed E-state index contributed by atoms with van der Waals surface area (Å²) in [5.74, 6) is 0. The molecular formula is C9H8IN3. The maximum absolute atomic E-state index is 4.36. The van der Waals surface area contributed by atoms with Crippen molar-refractivity contribution in [1.29, 1.82) is 0 Å². The van der Waals surface area contributed by atoms with Gasteiger partial charge in [0.05, 0.1) is 11.4 Å². The maximum atomic E-state index is 4.36. The van der Waals surface area contributed by atoms with Crippen molar-refractivity contribution in [3.8, 4) is 5.69 Å². The molecule has 0 bridgehead atoms. The van der Waals surface area contributed by atoms with Gasteiger partial charge in [0.2, 0.25) is 0 Å². The quantitative estimate of drug-likeness (QED) is 0.752. The second-order valence-corrected chi connectivity index (χ2v) is 3.83. The van der Waals surface area contributed by atoms with Crippen LogP contribution in [-0.2, 0) is 0 Å². The summed E-state index contributed by atoms with van der Waals surface area (Å²) < 4.78 is 3.01. The summed E-state index contributed by atoms with van der Waals surface area (Å²) in [7, 11) is 0. The Kier molecular flexibility index (Phi) is 2.30. The Bertz CT molecular complexity index is 408. The molecule has 4 heteroatoms. The van der Waals surface area contributed by atoms with Gasteiger partial charge in [-0.25, -0.2) is 4.68 Å². The van der Waals surface area contributed by atoms with Crippen LogP contribution in [0.4, 0.5) is 0 Å². The van der Waals surface area contributed by atoms with Gasteiger partial charge in [-0.05, 0) is 47.7 Å². The standard InChI is InChI=1S/C9H8IN3/c1-7-6-9(10)13(12-7)8-2-4-11-5-3-8/h2-6H,1H3. The fraction of sp³-hybridized carbons (Fsp3) is 0.111. The number of nitrogens with zero attached hydrogens (tertiary/aromatic N) is 3. The van der Waals surface area contributed by atoms with Crippen LogP contribution in [-0.4, -0.2) is 14.8 Å². The van der Waals surface area contributed by atoms with Crippen molar-refractivity contribution < 1.29 is 0 Å². The Labute approximate surface area is 89.9 Å². The lowest BCUT2D eigenvalue weighted by Crippen LogP contribution is -1.98. The van der Waals surface area contributed by atoms with Crippen molar-refractivity contribution in [1.82, 2.24) is 14.8 Å². The van der Waals surface area contributed by atoms with Gasteiger partial charge in [-0.3, -0.25) is 4.98 Å². The Morgan fingerprint density at radius 2 is 2.00 bits per heavy atom. The minimum absolute atomic E-state index is 1.03. The Morgan fingerprint density at radius 3 is 2.54 bits per heavy atom. The highest BCUT2D eigenvalue weighted by Crippen LogP contribution is 2.12. The molecule has 0 aliphatic carbocycles. The number of halogens is 1. The number of hydrogen-bond donors (Lipinski definition) is 0. The van der Waals surface area contributed by atoms with Crippen LogP contribution >= 0.6 is 22.6 Å². The molecule has 3 nitrogen and oxygen atoms in total. The van der Waals surface area contributed by atoms with Crippen molar-refractivity contribution in [2.75, 3.05) is 0 Å². The summed E-state index contributed by atoms with van der Waals surface area (Å²) >= 11 is 2.26. The highest BCUT2D eigenvalue weighted by molar-refractivity contribution is 14.1. The van der Waals surface area contributed by atoms with E-state index in [1.165, 1.54) is 0 Å². The highest BCUT2D eigenvalue weighted by Gasteiger charge is 2.02. The van der Waals surface area contributed by atoms with Gasteiger partial charge >= 0.3 is 0 Å². The van der Waals surface area contributed by atoms with Crippen molar-refractivity contribution >= 4 is 22.6 Å². The van der Waals surface area contributed by atoms with E-state index in [1.54, 1.807) is 12.4 Å². The molecule has 0 radical (unpaired) electrons. The molecule has 0 amide bonds. The highest BCUT2D eigenvalue weighted by atomic mass is 127. The number of pyridine rings is 1. The third kappa shape index (κ3) is 1.72. The molecule has 0 fully saturated rings. The van der Waals surface area contributed by atoms with Gasteiger partial charge in [0, 0.05) is 12.4 Å². The normalized spacial score (nSPS) is 10.3. The van der Waals surface area contributed by atoms with E-state index < -0.39 is 0 Å². The Balaban J connectivity index is 2.53. The molecule has 0 spiro atoms. The van der Waals surface area contributed by atoms with Crippen LogP contribution in [0.2, 0.25) is 0 Å². The average molecular weight is 285 g/mol. The third-order valence-corrected chi connectivity index (χ3v) is 2.46. The maximum Gasteiger partial charge on any atom is 0.105 e. The third-order valence-electron chi connectivity index (χ3n) is 1.70. The zero-order chi connectivity index (χ0) is 9.26. The van der Waals surface area contributed by atoms with E-state index in [2.05, 4.69) is 32.7 Å². The van der Waals surface area contributed by atoms with Gasteiger partial charge in [-0.2, -0.15) is 5.10 Å². The van der Waals surface area contributed by atoms with Gasteiger partial charge in [0.25, 0.3) is 0 Å². The monoisotopic (exact) mass is 285 g/mol. The van der Waals surface area contributed by atoms with Gasteiger partial charge in [-0.1, -0.05) is 0 Å². The molecule has 2 aromatic heterocycles. The number of hydrogen-bond acceptors (Lipinski definition) is 2. The lowest BCUT2D eigenvalue weighted by molar-refractivity contribution is 0.841. The molecule has 2 heterocycles. The van der Waals surface area contributed by atoms with Crippen molar-refractivity contribution in [3.63, 3.8) is 0 Å². The van der Waals surface area contributed by atoms with Crippen LogP contribution in [0, 0.1) is 10.6 Å². The molecule has 2 rings (SSSR count). The summed E-state index contributed by atoms with van der Waals surface area (Å²) in [5, 5.41) is 4.36. The first-order valence-corrected chi connectivity index (χ1v) is 4.98. The molecule has 0 N–H and O–H groups in total. The average Bonchev–Trinajstić information content (AvgIpc) is 2.47. The van der Waals surface area contributed by atoms with Gasteiger partial charge in [-0.15, -0.1) is 0 Å². The molecule has 0 aromatic carbocycles. The summed E-state index contributed by atoms with van der Waals surface area (Å²) in [6.45, 7) is 1.99. The lowest BCUT2D eigenvalue weighted by Gasteiger charge is -2.00. The summed E-state index contributed by atoms with van der Waals surface area (Å²) in [6, 6.07) is 5.92. The molecule has 0 saturated carbocycles. The van der Waals surface area contributed by atoms with Crippen LogP contribution in [0.1, 0.15) is 5.69 Å². The van der Waals surface area contributed by atoms with E-state index >= 15 is 0 Å². The topological polar surface area (TPSA) is 30.7 Å². The van der Waals surface area contributed by atoms with E-state index in [0.717, 1.165) is 15.1 Å². The SMILES string of the molecule is Cc1cc(I)n(-c2ccncc2)n1. The van der Waals surface area contributed by atoms with Crippen LogP contribution in [0.25, 0.3) is 5.69 Å². The smallest absolute Gasteiger partial charge is 0.105 e. The van der Waals surface area contributed by atoms with Gasteiger partial charge in [0.15, 0.2) is 0 Å². The minimum atomic E-state index is 1.03. The minimum Gasteiger partial charge on any atom is -0.265 e. The molecule has 13 heavy (non-hydrogen) atoms. The van der Waals surface area contributed by atoms with Crippen molar-refractivity contribution in [3.05, 3.63) is 40.0 Å². The van der Waals surface area contributed by atoms with Crippen LogP contribution in [0.5, 0.6) is 0 Å². The Hall–Kier alpha value is -0.910. The largest absolute Gasteiger partial charge is 0.265 e. The predicted octanol–water partition coefficient (Wildman–Crippen LogP) is 2.18. The molecule has 0 aliphatic heterocycles. The van der Waals surface area contributed by atoms with Crippen LogP contribution in [0.3, 0.4) is 0 Å². The van der Waals surface area contributed by atoms with Crippen molar-refractivity contribution in [2.45, 2.75) is 6.92 Å². The molecule has 0 atom stereocenters. The second-order valence-electron chi connectivity index (χ2n) is 2.73. The molecule has 0 aliphatic rings. The predicted molar refractivity (Wildman–Crippen MR) is 58.8 cm³/mol. The first-order chi connectivity index (χ1) is 6.27. The summed E-state index contributed by atoms with van der Waals surface area (Å²) in [4.78, 5) is 3.96. The zero-order valence-electron chi connectivity index (χ0n) is 7.11. The van der Waals surface area contributed by atoms with E-state index in [4.69, 9.17) is 0 Å². The van der Waals surface area contributed by atoms with Crippen molar-refractivity contribution in [2.24, 2.45) is 0 Å². The number of aryl methyl sites for hydroxylation is 1. The number of rotatable bonds is 1. The summed E-state index contributed by atoms with van der Waals surface area (Å²) in [5.41, 5.74) is 2.08. The molecule has 2 aromatic rings. The van der Waals surface area contributed by atoms with E-state index in [9.17, 15) is 0 Å². The van der Waals surface area contributed by atoms with Crippen LogP contribution < -0.4 is 0 Å². The molecule has 0 saturated heterocycles. The van der Waals surface area contributed by atoms with Crippen LogP contribution in [0.15, 0.2) is 30.6 Å². The number of aromatic nitrogens is 3. The van der Waals surface area contributed by atoms with E-state index in [1.807, 2.05) is 29.8 Å². The van der Waals surface area contributed by atoms with Gasteiger partial charge < -0.3 is 0 Å². The van der Waals surface area contributed by atoms with E-state index in [-0.39, 0.29) is 0 Å². The fourth-order valence-electron chi connectivity index (χ4n) is 1.13. The lowest BCUT2D eigenvalue weighted by atomic mass is 10.4. The first-order valence-electron chi connectivity index (χ1n) is 3.90. The van der Waals surface area contributed by atoms with E-state index in [0.29, 0.717) is 0 Å². The van der Waals surface area contributed by atoms with Gasteiger partial charge in [0.1, 0.15) is 3.70 Å². The Morgan fingerprint density at radius 1 is 1.31 bits per heavy atom. The summed E-state index contributed by atoms with van der Waals surface area (Å²) in [6.07, 6.45) is 3.53. The molecule has 0 unspecified atom stereocenters.